The summed E-state index contributed by atoms with van der Waals surface area (Å²) < 4.78 is 0. The molecule has 0 saturated heterocycles. The molecule has 1 aliphatic carbocycles. The van der Waals surface area contributed by atoms with E-state index in [2.05, 4.69) is 50.0 Å². The van der Waals surface area contributed by atoms with Crippen molar-refractivity contribution in [3.63, 3.8) is 0 Å². The summed E-state index contributed by atoms with van der Waals surface area (Å²) in [7, 11) is 3.39. The second-order valence-electron chi connectivity index (χ2n) is 5.93. The fraction of sp³-hybridized carbons (Fsp3) is 0.450. The second-order valence-corrected chi connectivity index (χ2v) is 5.93. The number of carbonyl (C=O) groups is 1. The van der Waals surface area contributed by atoms with Crippen LogP contribution < -0.4 is 0 Å². The summed E-state index contributed by atoms with van der Waals surface area (Å²) in [6.07, 6.45) is 4.12. The summed E-state index contributed by atoms with van der Waals surface area (Å²) >= 11 is 0. The molecule has 0 fully saturated rings. The van der Waals surface area contributed by atoms with Crippen LogP contribution in [0.25, 0.3) is 0 Å². The molecule has 0 atom stereocenters. The third kappa shape index (κ3) is 5.77. The molecule has 1 aliphatic rings. The molecule has 0 bridgehead atoms. The van der Waals surface area contributed by atoms with E-state index >= 15 is 0 Å². The predicted octanol–water partition coefficient (Wildman–Crippen LogP) is 4.00. The lowest BCUT2D eigenvalue weighted by atomic mass is 9.88. The number of amides is 1. The van der Waals surface area contributed by atoms with Gasteiger partial charge in [-0.3, -0.25) is 4.79 Å². The van der Waals surface area contributed by atoms with Crippen molar-refractivity contribution in [2.45, 2.75) is 46.5 Å². The van der Waals surface area contributed by atoms with E-state index in [1.165, 1.54) is 16.0 Å². The third-order valence-corrected chi connectivity index (χ3v) is 3.73. The van der Waals surface area contributed by atoms with E-state index in [1.54, 1.807) is 25.2 Å². The van der Waals surface area contributed by atoms with Crippen LogP contribution in [0.2, 0.25) is 0 Å². The molecule has 0 N–H and O–H groups in total. The number of hydrogen-bond acceptors (Lipinski definition) is 1. The Morgan fingerprint density at radius 1 is 1.09 bits per heavy atom. The topological polar surface area (TPSA) is 20.3 Å². The first-order valence-corrected chi connectivity index (χ1v) is 7.87. The van der Waals surface area contributed by atoms with Gasteiger partial charge >= 0.3 is 0 Å². The zero-order valence-corrected chi connectivity index (χ0v) is 14.5. The lowest BCUT2D eigenvalue weighted by Crippen LogP contribution is -2.19. The summed E-state index contributed by atoms with van der Waals surface area (Å²) in [6, 6.07) is 8.75. The van der Waals surface area contributed by atoms with Crippen molar-refractivity contribution in [3.05, 3.63) is 46.5 Å². The minimum Gasteiger partial charge on any atom is -0.338 e. The maximum Gasteiger partial charge on any atom is 0.297 e. The summed E-state index contributed by atoms with van der Waals surface area (Å²) in [5, 5.41) is 0. The predicted molar refractivity (Wildman–Crippen MR) is 93.6 cm³/mol. The fourth-order valence-corrected chi connectivity index (χ4v) is 2.15. The highest BCUT2D eigenvalue weighted by molar-refractivity contribution is 5.93. The maximum atomic E-state index is 10.8. The van der Waals surface area contributed by atoms with Crippen LogP contribution in [0, 0.1) is 11.8 Å². The lowest BCUT2D eigenvalue weighted by molar-refractivity contribution is -0.122. The van der Waals surface area contributed by atoms with Crippen LogP contribution in [-0.2, 0) is 17.6 Å². The normalized spacial score (nSPS) is 12.4. The number of nitrogens with zero attached hydrogens (tertiary/aromatic N) is 1. The molecular weight excluding hydrogens is 270 g/mol. The highest BCUT2D eigenvalue weighted by Crippen LogP contribution is 2.24. The Labute approximate surface area is 135 Å². The van der Waals surface area contributed by atoms with Gasteiger partial charge in [-0.2, -0.15) is 0 Å². The van der Waals surface area contributed by atoms with Crippen molar-refractivity contribution in [3.8, 4) is 11.8 Å². The Morgan fingerprint density at radius 2 is 1.59 bits per heavy atom. The van der Waals surface area contributed by atoms with Gasteiger partial charge in [0.25, 0.3) is 5.91 Å². The van der Waals surface area contributed by atoms with E-state index in [4.69, 9.17) is 0 Å². The highest BCUT2D eigenvalue weighted by atomic mass is 16.2. The van der Waals surface area contributed by atoms with Crippen LogP contribution >= 0.6 is 0 Å². The minimum absolute atomic E-state index is 0.117. The zero-order valence-electron chi connectivity index (χ0n) is 14.5. The summed E-state index contributed by atoms with van der Waals surface area (Å²) in [6.45, 7) is 6.52. The number of rotatable bonds is 1. The van der Waals surface area contributed by atoms with Crippen LogP contribution in [-0.4, -0.2) is 24.9 Å². The Balaban J connectivity index is 0.000000225. The van der Waals surface area contributed by atoms with Gasteiger partial charge in [-0.1, -0.05) is 48.3 Å². The number of benzene rings is 1. The van der Waals surface area contributed by atoms with E-state index in [0.29, 0.717) is 0 Å². The molecule has 0 aromatic heterocycles. The molecule has 2 rings (SSSR count). The number of allylic oxidation sites excluding steroid dienone is 2. The molecule has 0 saturated carbocycles. The number of hydrogen-bond donors (Lipinski definition) is 0. The van der Waals surface area contributed by atoms with Crippen LogP contribution in [0.3, 0.4) is 0 Å². The van der Waals surface area contributed by atoms with Crippen LogP contribution in [0.4, 0.5) is 0 Å². The van der Waals surface area contributed by atoms with Gasteiger partial charge in [-0.05, 0) is 50.2 Å². The number of unbranched alkanes of at least 4 members (excludes halogenated alkanes) is 1. The summed E-state index contributed by atoms with van der Waals surface area (Å²) in [5.74, 6) is 5.18. The smallest absolute Gasteiger partial charge is 0.297 e. The van der Waals surface area contributed by atoms with E-state index in [1.807, 2.05) is 6.92 Å². The van der Waals surface area contributed by atoms with Gasteiger partial charge in [0, 0.05) is 20.5 Å². The van der Waals surface area contributed by atoms with Crippen molar-refractivity contribution in [1.29, 1.82) is 0 Å². The van der Waals surface area contributed by atoms with E-state index in [9.17, 15) is 4.79 Å². The van der Waals surface area contributed by atoms with Gasteiger partial charge in [0.15, 0.2) is 0 Å². The quantitative estimate of drug-likeness (QED) is 0.567. The minimum atomic E-state index is -0.117. The van der Waals surface area contributed by atoms with Gasteiger partial charge in [0.05, 0.1) is 0 Å². The van der Waals surface area contributed by atoms with Crippen LogP contribution in [0.1, 0.15) is 44.7 Å². The zero-order chi connectivity index (χ0) is 16.5. The first kappa shape index (κ1) is 18.0. The Bertz CT molecular complexity index is 567. The van der Waals surface area contributed by atoms with E-state index < -0.39 is 0 Å². The molecule has 0 heterocycles. The lowest BCUT2D eigenvalue weighted by Gasteiger charge is -2.18. The van der Waals surface area contributed by atoms with Gasteiger partial charge in [0.2, 0.25) is 0 Å². The van der Waals surface area contributed by atoms with Crippen LogP contribution in [0.15, 0.2) is 35.4 Å². The first-order valence-electron chi connectivity index (χ1n) is 7.87. The average molecular weight is 297 g/mol. The molecule has 118 valence electrons. The van der Waals surface area contributed by atoms with Gasteiger partial charge in [-0.25, -0.2) is 0 Å². The van der Waals surface area contributed by atoms with Crippen molar-refractivity contribution >= 4 is 5.91 Å². The molecule has 0 aliphatic heterocycles. The van der Waals surface area contributed by atoms with E-state index in [0.717, 1.165) is 25.7 Å². The third-order valence-electron chi connectivity index (χ3n) is 3.73. The summed E-state index contributed by atoms with van der Waals surface area (Å²) in [5.41, 5.74) is 6.13. The van der Waals surface area contributed by atoms with Crippen molar-refractivity contribution in [1.82, 2.24) is 4.90 Å². The molecule has 0 unspecified atom stereocenters. The Kier molecular flexibility index (Phi) is 7.46. The monoisotopic (exact) mass is 297 g/mol. The Morgan fingerprint density at radius 3 is 2.00 bits per heavy atom. The molecule has 0 radical (unpaired) electrons. The SMILES string of the molecule is CC1=C(C)Cc2ccccc2C1.CCCC#CC(=O)N(C)C. The Hall–Kier alpha value is -2.01. The molecule has 1 amide bonds. The maximum absolute atomic E-state index is 10.8. The molecule has 2 heteroatoms. The fourth-order valence-electron chi connectivity index (χ4n) is 2.15. The van der Waals surface area contributed by atoms with Crippen molar-refractivity contribution in [2.24, 2.45) is 0 Å². The highest BCUT2D eigenvalue weighted by Gasteiger charge is 2.10. The van der Waals surface area contributed by atoms with E-state index in [-0.39, 0.29) is 5.91 Å². The largest absolute Gasteiger partial charge is 0.338 e. The number of carbonyl (C=O) groups excluding carboxylic acids is 1. The standard InChI is InChI=1S/C12H14.C8H13NO/c1-9-7-11-5-3-4-6-12(11)8-10(9)2;1-4-5-6-7-8(10)9(2)3/h3-6H,7-8H2,1-2H3;4-5H2,1-3H3. The van der Waals surface area contributed by atoms with Gasteiger partial charge in [-0.15, -0.1) is 0 Å². The van der Waals surface area contributed by atoms with Crippen molar-refractivity contribution < 1.29 is 4.79 Å². The molecule has 0 spiro atoms. The first-order chi connectivity index (χ1) is 10.5. The number of fused-ring (bicyclic) bond motifs is 1. The molecule has 1 aromatic carbocycles. The summed E-state index contributed by atoms with van der Waals surface area (Å²) in [4.78, 5) is 12.2. The van der Waals surface area contributed by atoms with Gasteiger partial charge < -0.3 is 4.90 Å². The molecule has 1 aromatic rings. The second kappa shape index (κ2) is 9.10. The average Bonchev–Trinajstić information content (AvgIpc) is 2.49. The molecule has 22 heavy (non-hydrogen) atoms. The van der Waals surface area contributed by atoms with Gasteiger partial charge in [0.1, 0.15) is 0 Å². The molecule has 2 nitrogen and oxygen atoms in total. The van der Waals surface area contributed by atoms with Crippen molar-refractivity contribution in [2.75, 3.05) is 14.1 Å². The van der Waals surface area contributed by atoms with Crippen LogP contribution in [0.5, 0.6) is 0 Å². The molecular formula is C20H27NO.